The molecule has 0 atom stereocenters. The summed E-state index contributed by atoms with van der Waals surface area (Å²) in [6.45, 7) is 0. The Balaban J connectivity index is 1.75. The molecule has 0 unspecified atom stereocenters. The largest absolute Gasteiger partial charge is 0.217 e. The Kier molecular flexibility index (Phi) is 4.47. The van der Waals surface area contributed by atoms with Crippen molar-refractivity contribution >= 4 is 24.3 Å². The van der Waals surface area contributed by atoms with Gasteiger partial charge in [-0.15, -0.1) is 0 Å². The van der Waals surface area contributed by atoms with Crippen LogP contribution >= 0.6 is 0 Å². The molecule has 22 heavy (non-hydrogen) atoms. The Hall–Kier alpha value is -3.07. The minimum Gasteiger partial charge on any atom is -0.217 e. The fourth-order valence-electron chi connectivity index (χ4n) is 1.95. The van der Waals surface area contributed by atoms with Crippen LogP contribution in [0.25, 0.3) is 24.3 Å². The lowest BCUT2D eigenvalue weighted by atomic mass is 10.2. The summed E-state index contributed by atoms with van der Waals surface area (Å²) in [5.74, 6) is 1.29. The first-order valence-corrected chi connectivity index (χ1v) is 7.05. The van der Waals surface area contributed by atoms with Crippen molar-refractivity contribution in [2.45, 2.75) is 0 Å². The smallest absolute Gasteiger partial charge is 0.156 e. The molecular formula is C19H15N3. The Morgan fingerprint density at radius 2 is 1.00 bits per heavy atom. The SMILES string of the molecule is C(=Cc1ncnc(C=Cc2ccccc2)n1)c1ccccc1. The highest BCUT2D eigenvalue weighted by Crippen LogP contribution is 2.06. The van der Waals surface area contributed by atoms with E-state index in [1.54, 1.807) is 0 Å². The van der Waals surface area contributed by atoms with Crippen LogP contribution in [0.15, 0.2) is 67.0 Å². The molecule has 0 saturated carbocycles. The lowest BCUT2D eigenvalue weighted by molar-refractivity contribution is 1.01. The molecule has 0 N–H and O–H groups in total. The van der Waals surface area contributed by atoms with E-state index in [1.165, 1.54) is 6.33 Å². The third-order valence-corrected chi connectivity index (χ3v) is 3.06. The van der Waals surface area contributed by atoms with Gasteiger partial charge >= 0.3 is 0 Å². The molecule has 1 aromatic heterocycles. The van der Waals surface area contributed by atoms with E-state index in [1.807, 2.05) is 85.0 Å². The highest BCUT2D eigenvalue weighted by Gasteiger charge is 1.94. The van der Waals surface area contributed by atoms with Crippen LogP contribution in [0.4, 0.5) is 0 Å². The normalized spacial score (nSPS) is 11.3. The molecule has 3 rings (SSSR count). The predicted molar refractivity (Wildman–Crippen MR) is 90.6 cm³/mol. The summed E-state index contributed by atoms with van der Waals surface area (Å²) in [4.78, 5) is 12.7. The molecule has 0 fully saturated rings. The molecule has 0 aliphatic heterocycles. The van der Waals surface area contributed by atoms with Crippen LogP contribution in [0.2, 0.25) is 0 Å². The van der Waals surface area contributed by atoms with Crippen LogP contribution in [0, 0.1) is 0 Å². The van der Waals surface area contributed by atoms with Crippen LogP contribution in [0.5, 0.6) is 0 Å². The van der Waals surface area contributed by atoms with Crippen molar-refractivity contribution < 1.29 is 0 Å². The molecule has 0 bridgehead atoms. The van der Waals surface area contributed by atoms with E-state index in [0.717, 1.165) is 11.1 Å². The topological polar surface area (TPSA) is 38.7 Å². The van der Waals surface area contributed by atoms with Gasteiger partial charge in [-0.3, -0.25) is 0 Å². The van der Waals surface area contributed by atoms with Crippen LogP contribution in [0.1, 0.15) is 22.8 Å². The molecule has 3 heteroatoms. The van der Waals surface area contributed by atoms with E-state index >= 15 is 0 Å². The monoisotopic (exact) mass is 285 g/mol. The van der Waals surface area contributed by atoms with Crippen molar-refractivity contribution in [1.29, 1.82) is 0 Å². The number of rotatable bonds is 4. The van der Waals surface area contributed by atoms with Gasteiger partial charge in [-0.05, 0) is 23.3 Å². The minimum absolute atomic E-state index is 0.645. The lowest BCUT2D eigenvalue weighted by Crippen LogP contribution is -1.93. The molecule has 2 aromatic carbocycles. The molecule has 0 aliphatic rings. The minimum atomic E-state index is 0.645. The summed E-state index contributed by atoms with van der Waals surface area (Å²) in [5.41, 5.74) is 2.23. The molecule has 0 saturated heterocycles. The fourth-order valence-corrected chi connectivity index (χ4v) is 1.95. The summed E-state index contributed by atoms with van der Waals surface area (Å²) in [5, 5.41) is 0. The standard InChI is InChI=1S/C19H15N3/c1-3-7-16(8-4-1)11-13-18-20-15-21-19(22-18)14-12-17-9-5-2-6-10-17/h1-15H. The second-order valence-electron chi connectivity index (χ2n) is 4.69. The van der Waals surface area contributed by atoms with Crippen LogP contribution in [0.3, 0.4) is 0 Å². The Labute approximate surface area is 129 Å². The van der Waals surface area contributed by atoms with Crippen molar-refractivity contribution in [3.05, 3.63) is 89.8 Å². The van der Waals surface area contributed by atoms with E-state index in [4.69, 9.17) is 0 Å². The average Bonchev–Trinajstić information content (AvgIpc) is 2.60. The van der Waals surface area contributed by atoms with Gasteiger partial charge in [-0.2, -0.15) is 0 Å². The summed E-state index contributed by atoms with van der Waals surface area (Å²) >= 11 is 0. The first-order valence-electron chi connectivity index (χ1n) is 7.05. The van der Waals surface area contributed by atoms with E-state index < -0.39 is 0 Å². The van der Waals surface area contributed by atoms with Crippen LogP contribution < -0.4 is 0 Å². The average molecular weight is 285 g/mol. The van der Waals surface area contributed by atoms with Crippen molar-refractivity contribution in [1.82, 2.24) is 15.0 Å². The van der Waals surface area contributed by atoms with Gasteiger partial charge in [0.25, 0.3) is 0 Å². The summed E-state index contributed by atoms with van der Waals surface area (Å²) in [6, 6.07) is 20.1. The molecular weight excluding hydrogens is 270 g/mol. The first-order chi connectivity index (χ1) is 10.9. The molecule has 106 valence electrons. The quantitative estimate of drug-likeness (QED) is 0.720. The van der Waals surface area contributed by atoms with E-state index in [0.29, 0.717) is 11.6 Å². The summed E-state index contributed by atoms with van der Waals surface area (Å²) in [6.07, 6.45) is 9.27. The Bertz CT molecular complexity index is 713. The molecule has 0 aliphatic carbocycles. The van der Waals surface area contributed by atoms with Crippen molar-refractivity contribution in [2.75, 3.05) is 0 Å². The van der Waals surface area contributed by atoms with Gasteiger partial charge in [0.2, 0.25) is 0 Å². The van der Waals surface area contributed by atoms with Gasteiger partial charge in [0.05, 0.1) is 0 Å². The Morgan fingerprint density at radius 1 is 0.545 bits per heavy atom. The second-order valence-corrected chi connectivity index (χ2v) is 4.69. The maximum absolute atomic E-state index is 4.41. The van der Waals surface area contributed by atoms with Gasteiger partial charge in [-0.25, -0.2) is 15.0 Å². The zero-order chi connectivity index (χ0) is 15.0. The maximum Gasteiger partial charge on any atom is 0.156 e. The lowest BCUT2D eigenvalue weighted by Gasteiger charge is -1.96. The number of nitrogens with zero attached hydrogens (tertiary/aromatic N) is 3. The molecule has 0 radical (unpaired) electrons. The van der Waals surface area contributed by atoms with E-state index in [2.05, 4.69) is 15.0 Å². The highest BCUT2D eigenvalue weighted by atomic mass is 15.0. The third-order valence-electron chi connectivity index (χ3n) is 3.06. The van der Waals surface area contributed by atoms with Crippen LogP contribution in [-0.4, -0.2) is 15.0 Å². The molecule has 0 spiro atoms. The Morgan fingerprint density at radius 3 is 1.45 bits per heavy atom. The second kappa shape index (κ2) is 7.09. The predicted octanol–water partition coefficient (Wildman–Crippen LogP) is 4.21. The number of aromatic nitrogens is 3. The number of hydrogen-bond donors (Lipinski definition) is 0. The first kappa shape index (κ1) is 13.9. The molecule has 3 nitrogen and oxygen atoms in total. The van der Waals surface area contributed by atoms with Crippen molar-refractivity contribution in [3.63, 3.8) is 0 Å². The van der Waals surface area contributed by atoms with Gasteiger partial charge in [-0.1, -0.05) is 72.8 Å². The van der Waals surface area contributed by atoms with Crippen molar-refractivity contribution in [3.8, 4) is 0 Å². The number of benzene rings is 2. The van der Waals surface area contributed by atoms with Gasteiger partial charge < -0.3 is 0 Å². The van der Waals surface area contributed by atoms with Gasteiger partial charge in [0, 0.05) is 0 Å². The molecule has 0 amide bonds. The van der Waals surface area contributed by atoms with Crippen LogP contribution in [-0.2, 0) is 0 Å². The summed E-state index contributed by atoms with van der Waals surface area (Å²) in [7, 11) is 0. The highest BCUT2D eigenvalue weighted by molar-refractivity contribution is 5.68. The van der Waals surface area contributed by atoms with Gasteiger partial charge in [0.1, 0.15) is 6.33 Å². The molecule has 3 aromatic rings. The zero-order valence-corrected chi connectivity index (χ0v) is 12.0. The van der Waals surface area contributed by atoms with Gasteiger partial charge in [0.15, 0.2) is 11.6 Å². The zero-order valence-electron chi connectivity index (χ0n) is 12.0. The maximum atomic E-state index is 4.41. The fraction of sp³-hybridized carbons (Fsp3) is 0. The third kappa shape index (κ3) is 3.96. The summed E-state index contributed by atoms with van der Waals surface area (Å²) < 4.78 is 0. The van der Waals surface area contributed by atoms with E-state index in [-0.39, 0.29) is 0 Å². The molecule has 1 heterocycles. The van der Waals surface area contributed by atoms with Crippen molar-refractivity contribution in [2.24, 2.45) is 0 Å². The van der Waals surface area contributed by atoms with E-state index in [9.17, 15) is 0 Å². The number of hydrogen-bond acceptors (Lipinski definition) is 3.